The average Bonchev–Trinajstić information content (AvgIpc) is 2.95. The fourth-order valence-corrected chi connectivity index (χ4v) is 2.37. The highest BCUT2D eigenvalue weighted by Gasteiger charge is 2.13. The van der Waals surface area contributed by atoms with Gasteiger partial charge in [-0.2, -0.15) is 5.10 Å². The molecule has 0 bridgehead atoms. The molecule has 0 saturated carbocycles. The van der Waals surface area contributed by atoms with Crippen LogP contribution in [0.25, 0.3) is 16.9 Å². The number of rotatable bonds is 2. The second-order valence-corrected chi connectivity index (χ2v) is 4.72. The third kappa shape index (κ3) is 1.82. The SMILES string of the molecule is Cc1cn(C)c(=O)n1-c1ccccc1-c1cc(N)n[nH]1. The van der Waals surface area contributed by atoms with Crippen LogP contribution in [0.5, 0.6) is 0 Å². The molecule has 3 rings (SSSR count). The number of anilines is 1. The Morgan fingerprint density at radius 2 is 2.05 bits per heavy atom. The second kappa shape index (κ2) is 4.41. The second-order valence-electron chi connectivity index (χ2n) is 4.72. The molecule has 0 atom stereocenters. The van der Waals surface area contributed by atoms with Gasteiger partial charge in [-0.1, -0.05) is 18.2 Å². The van der Waals surface area contributed by atoms with Gasteiger partial charge in [-0.25, -0.2) is 4.79 Å². The molecule has 0 spiro atoms. The van der Waals surface area contributed by atoms with Crippen molar-refractivity contribution in [2.24, 2.45) is 7.05 Å². The van der Waals surface area contributed by atoms with E-state index in [-0.39, 0.29) is 5.69 Å². The van der Waals surface area contributed by atoms with E-state index in [4.69, 9.17) is 5.73 Å². The smallest absolute Gasteiger partial charge is 0.332 e. The predicted octanol–water partition coefficient (Wildman–Crippen LogP) is 1.46. The number of hydrogen-bond acceptors (Lipinski definition) is 3. The Bertz CT molecular complexity index is 824. The molecule has 6 nitrogen and oxygen atoms in total. The summed E-state index contributed by atoms with van der Waals surface area (Å²) in [4.78, 5) is 12.3. The lowest BCUT2D eigenvalue weighted by molar-refractivity contribution is 0.821. The number of aromatic nitrogens is 4. The van der Waals surface area contributed by atoms with Gasteiger partial charge in [-0.05, 0) is 13.0 Å². The van der Waals surface area contributed by atoms with Crippen LogP contribution in [0.3, 0.4) is 0 Å². The van der Waals surface area contributed by atoms with Crippen LogP contribution in [-0.2, 0) is 7.05 Å². The Hall–Kier alpha value is -2.76. The number of benzene rings is 1. The van der Waals surface area contributed by atoms with Crippen LogP contribution in [0.4, 0.5) is 5.82 Å². The van der Waals surface area contributed by atoms with Crippen molar-refractivity contribution in [1.82, 2.24) is 19.3 Å². The molecule has 0 saturated heterocycles. The van der Waals surface area contributed by atoms with Gasteiger partial charge in [0.05, 0.1) is 11.4 Å². The van der Waals surface area contributed by atoms with Gasteiger partial charge in [0.2, 0.25) is 0 Å². The normalized spacial score (nSPS) is 10.9. The molecule has 20 heavy (non-hydrogen) atoms. The van der Waals surface area contributed by atoms with Crippen molar-refractivity contribution >= 4 is 5.82 Å². The lowest BCUT2D eigenvalue weighted by atomic mass is 10.1. The molecule has 3 aromatic rings. The van der Waals surface area contributed by atoms with Crippen molar-refractivity contribution in [3.63, 3.8) is 0 Å². The standard InChI is InChI=1S/C14H15N5O/c1-9-8-18(2)14(20)19(9)12-6-4-3-5-10(12)11-7-13(15)17-16-11/h3-8H,1-2H3,(H3,15,16,17). The molecule has 6 heteroatoms. The molecule has 1 aromatic carbocycles. The zero-order valence-corrected chi connectivity index (χ0v) is 11.3. The number of aromatic amines is 1. The van der Waals surface area contributed by atoms with Crippen molar-refractivity contribution in [1.29, 1.82) is 0 Å². The maximum Gasteiger partial charge on any atom is 0.332 e. The van der Waals surface area contributed by atoms with Crippen LogP contribution in [0.15, 0.2) is 41.3 Å². The fraction of sp³-hybridized carbons (Fsp3) is 0.143. The van der Waals surface area contributed by atoms with Crippen LogP contribution in [0, 0.1) is 6.92 Å². The minimum atomic E-state index is -0.0811. The van der Waals surface area contributed by atoms with Gasteiger partial charge in [0.1, 0.15) is 5.82 Å². The topological polar surface area (TPSA) is 81.6 Å². The maximum absolute atomic E-state index is 12.3. The van der Waals surface area contributed by atoms with Gasteiger partial charge in [-0.3, -0.25) is 9.67 Å². The molecule has 0 radical (unpaired) electrons. The number of H-pyrrole nitrogens is 1. The number of para-hydroxylation sites is 1. The van der Waals surface area contributed by atoms with Gasteiger partial charge in [0.25, 0.3) is 0 Å². The summed E-state index contributed by atoms with van der Waals surface area (Å²) >= 11 is 0. The van der Waals surface area contributed by atoms with Crippen LogP contribution in [-0.4, -0.2) is 19.3 Å². The van der Waals surface area contributed by atoms with E-state index in [9.17, 15) is 4.79 Å². The van der Waals surface area contributed by atoms with Crippen LogP contribution >= 0.6 is 0 Å². The lowest BCUT2D eigenvalue weighted by Gasteiger charge is -2.09. The number of aryl methyl sites for hydroxylation is 2. The Labute approximate surface area is 115 Å². The molecule has 102 valence electrons. The molecule has 0 aliphatic rings. The Morgan fingerprint density at radius 1 is 1.30 bits per heavy atom. The minimum Gasteiger partial charge on any atom is -0.382 e. The fourth-order valence-electron chi connectivity index (χ4n) is 2.37. The molecular formula is C14H15N5O. The van der Waals surface area contributed by atoms with Crippen molar-refractivity contribution in [3.8, 4) is 16.9 Å². The summed E-state index contributed by atoms with van der Waals surface area (Å²) in [5.41, 5.74) is 8.92. The van der Waals surface area contributed by atoms with Crippen LogP contribution in [0.1, 0.15) is 5.69 Å². The minimum absolute atomic E-state index is 0.0811. The predicted molar refractivity (Wildman–Crippen MR) is 77.7 cm³/mol. The van der Waals surface area contributed by atoms with E-state index in [1.54, 1.807) is 28.4 Å². The summed E-state index contributed by atoms with van der Waals surface area (Å²) in [6, 6.07) is 9.40. The Kier molecular flexibility index (Phi) is 2.71. The third-order valence-corrected chi connectivity index (χ3v) is 3.26. The summed E-state index contributed by atoms with van der Waals surface area (Å²) in [7, 11) is 1.74. The molecule has 0 aliphatic carbocycles. The van der Waals surface area contributed by atoms with Crippen molar-refractivity contribution in [2.75, 3.05) is 5.73 Å². The highest BCUT2D eigenvalue weighted by Crippen LogP contribution is 2.26. The van der Waals surface area contributed by atoms with Gasteiger partial charge in [0.15, 0.2) is 0 Å². The number of imidazole rings is 1. The van der Waals surface area contributed by atoms with Gasteiger partial charge in [-0.15, -0.1) is 0 Å². The van der Waals surface area contributed by atoms with E-state index in [2.05, 4.69) is 10.2 Å². The number of nitrogens with zero attached hydrogens (tertiary/aromatic N) is 3. The van der Waals surface area contributed by atoms with Crippen LogP contribution in [0.2, 0.25) is 0 Å². The van der Waals surface area contributed by atoms with Gasteiger partial charge in [0, 0.05) is 30.6 Å². The molecule has 0 fully saturated rings. The zero-order valence-electron chi connectivity index (χ0n) is 11.3. The number of hydrogen-bond donors (Lipinski definition) is 2. The highest BCUT2D eigenvalue weighted by molar-refractivity contribution is 5.71. The van der Waals surface area contributed by atoms with Crippen molar-refractivity contribution in [2.45, 2.75) is 6.92 Å². The van der Waals surface area contributed by atoms with E-state index in [1.165, 1.54) is 0 Å². The Balaban J connectivity index is 2.28. The maximum atomic E-state index is 12.3. The number of nitrogens with one attached hydrogen (secondary N) is 1. The lowest BCUT2D eigenvalue weighted by Crippen LogP contribution is -2.21. The average molecular weight is 269 g/mol. The molecule has 2 heterocycles. The summed E-state index contributed by atoms with van der Waals surface area (Å²) in [6.45, 7) is 1.90. The quantitative estimate of drug-likeness (QED) is 0.739. The first kappa shape index (κ1) is 12.3. The third-order valence-electron chi connectivity index (χ3n) is 3.26. The first-order valence-corrected chi connectivity index (χ1v) is 6.23. The molecule has 0 amide bonds. The van der Waals surface area contributed by atoms with Crippen LogP contribution < -0.4 is 11.4 Å². The first-order chi connectivity index (χ1) is 9.58. The molecule has 3 N–H and O–H groups in total. The van der Waals surface area contributed by atoms with E-state index in [1.807, 2.05) is 31.2 Å². The summed E-state index contributed by atoms with van der Waals surface area (Å²) in [6.07, 6.45) is 1.81. The monoisotopic (exact) mass is 269 g/mol. The van der Waals surface area contributed by atoms with E-state index < -0.39 is 0 Å². The summed E-state index contributed by atoms with van der Waals surface area (Å²) < 4.78 is 3.24. The zero-order chi connectivity index (χ0) is 14.3. The summed E-state index contributed by atoms with van der Waals surface area (Å²) in [5, 5.41) is 6.82. The first-order valence-electron chi connectivity index (χ1n) is 6.23. The van der Waals surface area contributed by atoms with E-state index in [0.29, 0.717) is 5.82 Å². The molecular weight excluding hydrogens is 254 g/mol. The van der Waals surface area contributed by atoms with Crippen molar-refractivity contribution in [3.05, 3.63) is 52.7 Å². The molecule has 0 aliphatic heterocycles. The highest BCUT2D eigenvalue weighted by atomic mass is 16.1. The van der Waals surface area contributed by atoms with Gasteiger partial charge >= 0.3 is 5.69 Å². The number of nitrogens with two attached hydrogens (primary N) is 1. The summed E-state index contributed by atoms with van der Waals surface area (Å²) in [5.74, 6) is 0.423. The largest absolute Gasteiger partial charge is 0.382 e. The van der Waals surface area contributed by atoms with Crippen molar-refractivity contribution < 1.29 is 0 Å². The number of nitrogen functional groups attached to an aromatic ring is 1. The van der Waals surface area contributed by atoms with E-state index in [0.717, 1.165) is 22.6 Å². The van der Waals surface area contributed by atoms with Gasteiger partial charge < -0.3 is 10.3 Å². The molecule has 2 aromatic heterocycles. The molecule has 0 unspecified atom stereocenters. The van der Waals surface area contributed by atoms with E-state index >= 15 is 0 Å². The Morgan fingerprint density at radius 3 is 2.65 bits per heavy atom.